The first-order chi connectivity index (χ1) is 19.2. The van der Waals surface area contributed by atoms with Crippen LogP contribution in [0.3, 0.4) is 0 Å². The van der Waals surface area contributed by atoms with Crippen molar-refractivity contribution in [1.29, 1.82) is 0 Å². The molecule has 0 radical (unpaired) electrons. The van der Waals surface area contributed by atoms with E-state index in [2.05, 4.69) is 24.5 Å². The molecule has 0 saturated carbocycles. The van der Waals surface area contributed by atoms with Gasteiger partial charge in [0, 0.05) is 11.4 Å². The van der Waals surface area contributed by atoms with Gasteiger partial charge in [0.2, 0.25) is 5.91 Å². The highest BCUT2D eigenvalue weighted by Gasteiger charge is 2.36. The van der Waals surface area contributed by atoms with E-state index >= 15 is 0 Å². The van der Waals surface area contributed by atoms with Gasteiger partial charge >= 0.3 is 0 Å². The maximum Gasteiger partial charge on any atom is 0.294 e. The van der Waals surface area contributed by atoms with Crippen LogP contribution in [-0.4, -0.2) is 41.0 Å². The highest BCUT2D eigenvalue weighted by Crippen LogP contribution is 2.32. The van der Waals surface area contributed by atoms with E-state index in [-0.39, 0.29) is 29.9 Å². The average Bonchev–Trinajstić information content (AvgIpc) is 3.20. The van der Waals surface area contributed by atoms with Crippen LogP contribution < -0.4 is 15.4 Å². The number of para-hydroxylation sites is 1. The molecule has 8 nitrogen and oxygen atoms in total. The van der Waals surface area contributed by atoms with E-state index < -0.39 is 17.1 Å². The van der Waals surface area contributed by atoms with Crippen molar-refractivity contribution in [2.24, 2.45) is 0 Å². The fraction of sp³-hybridized carbons (Fsp3) is 0.226. The molecule has 1 saturated heterocycles. The zero-order valence-electron chi connectivity index (χ0n) is 22.6. The number of anilines is 2. The largest absolute Gasteiger partial charge is 0.484 e. The van der Waals surface area contributed by atoms with Crippen molar-refractivity contribution in [2.45, 2.75) is 33.1 Å². The number of amides is 4. The molecule has 1 fully saturated rings. The van der Waals surface area contributed by atoms with Crippen LogP contribution in [0.2, 0.25) is 0 Å². The van der Waals surface area contributed by atoms with E-state index in [9.17, 15) is 19.2 Å². The normalized spacial score (nSPS) is 14.1. The number of imide groups is 1. The molecule has 40 heavy (non-hydrogen) atoms. The van der Waals surface area contributed by atoms with Gasteiger partial charge in [-0.3, -0.25) is 24.1 Å². The van der Waals surface area contributed by atoms with E-state index in [0.29, 0.717) is 17.0 Å². The maximum absolute atomic E-state index is 12.8. The fourth-order valence-electron chi connectivity index (χ4n) is 4.07. The van der Waals surface area contributed by atoms with Gasteiger partial charge in [-0.05, 0) is 77.2 Å². The van der Waals surface area contributed by atoms with Gasteiger partial charge < -0.3 is 15.4 Å². The average molecular weight is 558 g/mol. The first kappa shape index (κ1) is 28.6. The third kappa shape index (κ3) is 7.39. The summed E-state index contributed by atoms with van der Waals surface area (Å²) in [6.07, 6.45) is 2.48. The van der Waals surface area contributed by atoms with Crippen LogP contribution in [0.5, 0.6) is 5.75 Å². The number of benzene rings is 3. The number of rotatable bonds is 10. The Bertz CT molecular complexity index is 1430. The van der Waals surface area contributed by atoms with Gasteiger partial charge in [0.15, 0.2) is 6.61 Å². The number of aryl methyl sites for hydroxylation is 1. The van der Waals surface area contributed by atoms with Gasteiger partial charge in [0.25, 0.3) is 17.1 Å². The molecule has 0 spiro atoms. The van der Waals surface area contributed by atoms with Crippen LogP contribution >= 0.6 is 11.8 Å². The topological polar surface area (TPSA) is 105 Å². The van der Waals surface area contributed by atoms with Crippen molar-refractivity contribution >= 4 is 52.2 Å². The molecule has 0 aliphatic carbocycles. The SMILES string of the molecule is CCc1ccc(NC(=O)CN2C(=O)S/C(=C/c3ccc(OCC(=O)Nc4ccccc4C(C)C)cc3)C2=O)cc1. The lowest BCUT2D eigenvalue weighted by molar-refractivity contribution is -0.127. The number of hydrogen-bond donors (Lipinski definition) is 2. The predicted octanol–water partition coefficient (Wildman–Crippen LogP) is 6.06. The number of nitrogens with zero attached hydrogens (tertiary/aromatic N) is 1. The Balaban J connectivity index is 1.30. The second-order valence-corrected chi connectivity index (χ2v) is 10.5. The molecule has 4 rings (SSSR count). The standard InChI is InChI=1S/C31H31N3O5S/c1-4-21-9-13-23(14-10-21)32-28(35)18-34-30(37)27(40-31(34)38)17-22-11-15-24(16-12-22)39-19-29(36)33-26-8-6-5-7-25(26)20(2)3/h5-17,20H,4,18-19H2,1-3H3,(H,32,35)(H,33,36)/b27-17+. The summed E-state index contributed by atoms with van der Waals surface area (Å²) in [6, 6.07) is 21.9. The number of ether oxygens (including phenoxy) is 1. The van der Waals surface area contributed by atoms with Crippen molar-refractivity contribution in [2.75, 3.05) is 23.8 Å². The Morgan fingerprint density at radius 1 is 0.925 bits per heavy atom. The Morgan fingerprint density at radius 2 is 1.62 bits per heavy atom. The zero-order chi connectivity index (χ0) is 28.6. The van der Waals surface area contributed by atoms with Gasteiger partial charge in [0.05, 0.1) is 4.91 Å². The molecule has 2 N–H and O–H groups in total. The third-order valence-corrected chi connectivity index (χ3v) is 7.13. The Hall–Kier alpha value is -4.37. The van der Waals surface area contributed by atoms with Gasteiger partial charge in [-0.2, -0.15) is 0 Å². The van der Waals surface area contributed by atoms with Crippen molar-refractivity contribution in [3.05, 3.63) is 94.4 Å². The van der Waals surface area contributed by atoms with Crippen LogP contribution in [0.4, 0.5) is 16.2 Å². The Labute approximate surface area is 237 Å². The molecule has 1 heterocycles. The minimum Gasteiger partial charge on any atom is -0.484 e. The smallest absolute Gasteiger partial charge is 0.294 e. The summed E-state index contributed by atoms with van der Waals surface area (Å²) in [6.45, 7) is 5.64. The van der Waals surface area contributed by atoms with Crippen molar-refractivity contribution in [1.82, 2.24) is 4.90 Å². The molecule has 3 aromatic rings. The molecule has 0 bridgehead atoms. The van der Waals surface area contributed by atoms with Gasteiger partial charge in [-0.1, -0.05) is 63.2 Å². The molecule has 0 unspecified atom stereocenters. The summed E-state index contributed by atoms with van der Waals surface area (Å²) >= 11 is 0.787. The summed E-state index contributed by atoms with van der Waals surface area (Å²) in [7, 11) is 0. The van der Waals surface area contributed by atoms with Crippen LogP contribution in [0.15, 0.2) is 77.7 Å². The quantitative estimate of drug-likeness (QED) is 0.294. The van der Waals surface area contributed by atoms with Gasteiger partial charge in [0.1, 0.15) is 12.3 Å². The third-order valence-electron chi connectivity index (χ3n) is 6.23. The van der Waals surface area contributed by atoms with Crippen LogP contribution in [0.25, 0.3) is 6.08 Å². The van der Waals surface area contributed by atoms with Crippen molar-refractivity contribution in [3.8, 4) is 5.75 Å². The Morgan fingerprint density at radius 3 is 2.30 bits per heavy atom. The monoisotopic (exact) mass is 557 g/mol. The highest BCUT2D eigenvalue weighted by atomic mass is 32.2. The van der Waals surface area contributed by atoms with E-state index in [1.54, 1.807) is 42.5 Å². The first-order valence-electron chi connectivity index (χ1n) is 13.0. The fourth-order valence-corrected chi connectivity index (χ4v) is 4.90. The van der Waals surface area contributed by atoms with Crippen molar-refractivity contribution in [3.63, 3.8) is 0 Å². The van der Waals surface area contributed by atoms with Crippen LogP contribution in [-0.2, 0) is 20.8 Å². The number of hydrogen-bond acceptors (Lipinski definition) is 6. The molecule has 206 valence electrons. The number of nitrogens with one attached hydrogen (secondary N) is 2. The lowest BCUT2D eigenvalue weighted by Crippen LogP contribution is -2.36. The molecule has 9 heteroatoms. The predicted molar refractivity (Wildman–Crippen MR) is 158 cm³/mol. The van der Waals surface area contributed by atoms with E-state index in [0.717, 1.165) is 39.9 Å². The van der Waals surface area contributed by atoms with Crippen LogP contribution in [0, 0.1) is 0 Å². The highest BCUT2D eigenvalue weighted by molar-refractivity contribution is 8.18. The maximum atomic E-state index is 12.8. The van der Waals surface area contributed by atoms with E-state index in [1.807, 2.05) is 43.3 Å². The minimum absolute atomic E-state index is 0.157. The zero-order valence-corrected chi connectivity index (χ0v) is 23.4. The number of carbonyl (C=O) groups is 4. The summed E-state index contributed by atoms with van der Waals surface area (Å²) in [5, 5.41) is 5.10. The molecule has 0 atom stereocenters. The lowest BCUT2D eigenvalue weighted by atomic mass is 10.0. The van der Waals surface area contributed by atoms with Crippen LogP contribution in [0.1, 0.15) is 43.4 Å². The number of carbonyl (C=O) groups excluding carboxylic acids is 4. The first-order valence-corrected chi connectivity index (χ1v) is 13.8. The summed E-state index contributed by atoms with van der Waals surface area (Å²) in [4.78, 5) is 51.3. The molecule has 0 aromatic heterocycles. The minimum atomic E-state index is -0.523. The molecule has 3 aromatic carbocycles. The number of thioether (sulfide) groups is 1. The summed E-state index contributed by atoms with van der Waals surface area (Å²) in [5.41, 5.74) is 4.23. The lowest BCUT2D eigenvalue weighted by Gasteiger charge is -2.14. The molecule has 1 aliphatic rings. The van der Waals surface area contributed by atoms with E-state index in [1.165, 1.54) is 0 Å². The summed E-state index contributed by atoms with van der Waals surface area (Å²) in [5.74, 6) is -0.489. The second kappa shape index (κ2) is 13.1. The molecular weight excluding hydrogens is 526 g/mol. The molecular formula is C31H31N3O5S. The van der Waals surface area contributed by atoms with E-state index in [4.69, 9.17) is 4.74 Å². The molecule has 4 amide bonds. The second-order valence-electron chi connectivity index (χ2n) is 9.51. The Kier molecular flexibility index (Phi) is 9.39. The van der Waals surface area contributed by atoms with Gasteiger partial charge in [-0.25, -0.2) is 0 Å². The van der Waals surface area contributed by atoms with Gasteiger partial charge in [-0.15, -0.1) is 0 Å². The summed E-state index contributed by atoms with van der Waals surface area (Å²) < 4.78 is 5.61. The molecule has 1 aliphatic heterocycles. The van der Waals surface area contributed by atoms with Crippen molar-refractivity contribution < 1.29 is 23.9 Å².